The van der Waals surface area contributed by atoms with Crippen LogP contribution in [0.15, 0.2) is 41.0 Å². The molecule has 2 rings (SSSR count). The molecule has 6 nitrogen and oxygen atoms in total. The Kier molecular flexibility index (Phi) is 3.01. The third kappa shape index (κ3) is 2.32. The van der Waals surface area contributed by atoms with Gasteiger partial charge in [-0.1, -0.05) is 5.75 Å². The number of carboxylic acid groups (broad SMARTS) is 1. The number of hydrogen-bond acceptors (Lipinski definition) is 4. The second-order valence-corrected chi connectivity index (χ2v) is 3.45. The molecule has 18 heavy (non-hydrogen) atoms. The van der Waals surface area contributed by atoms with E-state index in [-0.39, 0.29) is 17.0 Å². The lowest BCUT2D eigenvalue weighted by Crippen LogP contribution is -2.12. The minimum atomic E-state index is -1.30. The molecule has 6 heteroatoms. The Morgan fingerprint density at radius 3 is 2.61 bits per heavy atom. The molecule has 1 heterocycles. The van der Waals surface area contributed by atoms with Gasteiger partial charge in [0.2, 0.25) is 0 Å². The van der Waals surface area contributed by atoms with Crippen molar-refractivity contribution in [2.75, 3.05) is 5.32 Å². The number of hydrogen-bond donors (Lipinski definition) is 2. The normalized spacial score (nSPS) is 10.0. The van der Waals surface area contributed by atoms with E-state index in [0.29, 0.717) is 0 Å². The topological polar surface area (TPSA) is 103 Å². The van der Waals surface area contributed by atoms with Crippen molar-refractivity contribution in [1.82, 2.24) is 0 Å². The number of anilines is 1. The molecule has 2 N–H and O–H groups in total. The third-order valence-electron chi connectivity index (χ3n) is 2.21. The number of rotatable bonds is 3. The molecule has 0 radical (unpaired) electrons. The molecule has 0 aliphatic carbocycles. The fourth-order valence-corrected chi connectivity index (χ4v) is 1.38. The number of amides is 1. The van der Waals surface area contributed by atoms with Crippen molar-refractivity contribution in [3.8, 4) is 5.75 Å². The van der Waals surface area contributed by atoms with Gasteiger partial charge in [0.05, 0.1) is 11.8 Å². The van der Waals surface area contributed by atoms with Gasteiger partial charge in [-0.05, 0) is 30.3 Å². The fraction of sp³-hybridized carbons (Fsp3) is 0. The van der Waals surface area contributed by atoms with Crippen LogP contribution in [0.3, 0.4) is 0 Å². The second-order valence-electron chi connectivity index (χ2n) is 3.45. The number of nitrogens with one attached hydrogen (secondary N) is 1. The van der Waals surface area contributed by atoms with E-state index in [1.807, 2.05) is 0 Å². The number of carboxylic acids is 1. The predicted molar refractivity (Wildman–Crippen MR) is 59.5 cm³/mol. The molecule has 0 fully saturated rings. The Balaban J connectivity index is 2.18. The highest BCUT2D eigenvalue weighted by Crippen LogP contribution is 2.20. The van der Waals surface area contributed by atoms with Gasteiger partial charge in [-0.25, -0.2) is 4.79 Å². The highest BCUT2D eigenvalue weighted by molar-refractivity contribution is 6.02. The van der Waals surface area contributed by atoms with Gasteiger partial charge < -0.3 is 19.9 Å². The van der Waals surface area contributed by atoms with Crippen molar-refractivity contribution >= 4 is 17.6 Å². The zero-order chi connectivity index (χ0) is 13.1. The lowest BCUT2D eigenvalue weighted by atomic mass is 10.2. The van der Waals surface area contributed by atoms with Crippen molar-refractivity contribution in [2.24, 2.45) is 0 Å². The fourth-order valence-electron chi connectivity index (χ4n) is 1.38. The molecule has 0 saturated heterocycles. The number of aromatic carboxylic acids is 1. The average molecular weight is 246 g/mol. The lowest BCUT2D eigenvalue weighted by molar-refractivity contribution is -0.268. The highest BCUT2D eigenvalue weighted by Gasteiger charge is 2.10. The molecular weight excluding hydrogens is 238 g/mol. The largest absolute Gasteiger partial charge is 0.872 e. The van der Waals surface area contributed by atoms with Gasteiger partial charge in [0.25, 0.3) is 5.91 Å². The van der Waals surface area contributed by atoms with Crippen molar-refractivity contribution < 1.29 is 24.2 Å². The molecule has 0 unspecified atom stereocenters. The molecule has 1 amide bonds. The Morgan fingerprint density at radius 2 is 2.06 bits per heavy atom. The van der Waals surface area contributed by atoms with E-state index in [9.17, 15) is 14.7 Å². The third-order valence-corrected chi connectivity index (χ3v) is 2.21. The number of furan rings is 1. The standard InChI is InChI=1S/C12H9NO5/c14-9-6-7(3-4-8(9)12(16)17)13-11(15)10-2-1-5-18-10/h1-6,14H,(H,13,15)(H,16,17)/p-1. The smallest absolute Gasteiger partial charge is 0.335 e. The van der Waals surface area contributed by atoms with Crippen molar-refractivity contribution in [1.29, 1.82) is 0 Å². The summed E-state index contributed by atoms with van der Waals surface area (Å²) in [6.07, 6.45) is 1.35. The number of benzene rings is 1. The highest BCUT2D eigenvalue weighted by atomic mass is 16.4. The maximum absolute atomic E-state index is 11.6. The molecule has 0 saturated carbocycles. The maximum Gasteiger partial charge on any atom is 0.335 e. The molecule has 92 valence electrons. The van der Waals surface area contributed by atoms with Crippen LogP contribution in [-0.2, 0) is 0 Å². The van der Waals surface area contributed by atoms with Gasteiger partial charge in [0.15, 0.2) is 5.76 Å². The Bertz CT molecular complexity index is 589. The molecule has 2 aromatic rings. The molecule has 0 aliphatic heterocycles. The van der Waals surface area contributed by atoms with Crippen LogP contribution in [0.1, 0.15) is 20.9 Å². The SMILES string of the molecule is O=C(Nc1ccc(C(=O)O)c([O-])c1)c1ccco1. The summed E-state index contributed by atoms with van der Waals surface area (Å²) < 4.78 is 4.88. The molecule has 1 aromatic heterocycles. The van der Waals surface area contributed by atoms with E-state index < -0.39 is 17.6 Å². The van der Waals surface area contributed by atoms with E-state index >= 15 is 0 Å². The van der Waals surface area contributed by atoms with Crippen molar-refractivity contribution in [3.05, 3.63) is 47.9 Å². The summed E-state index contributed by atoms with van der Waals surface area (Å²) in [5.74, 6) is -2.38. The minimum absolute atomic E-state index is 0.102. The maximum atomic E-state index is 11.6. The van der Waals surface area contributed by atoms with Gasteiger partial charge >= 0.3 is 5.97 Å². The zero-order valence-corrected chi connectivity index (χ0v) is 9.04. The van der Waals surface area contributed by atoms with Gasteiger partial charge in [0.1, 0.15) is 0 Å². The summed E-state index contributed by atoms with van der Waals surface area (Å²) in [6, 6.07) is 6.55. The first kappa shape index (κ1) is 11.7. The van der Waals surface area contributed by atoms with Gasteiger partial charge in [-0.3, -0.25) is 4.79 Å². The summed E-state index contributed by atoms with van der Waals surface area (Å²) in [7, 11) is 0. The summed E-state index contributed by atoms with van der Waals surface area (Å²) in [6.45, 7) is 0. The average Bonchev–Trinajstić information content (AvgIpc) is 2.81. The van der Waals surface area contributed by atoms with Gasteiger partial charge in [0, 0.05) is 5.69 Å². The van der Waals surface area contributed by atoms with E-state index in [2.05, 4.69) is 5.32 Å². The first-order chi connectivity index (χ1) is 8.58. The quantitative estimate of drug-likeness (QED) is 0.849. The van der Waals surface area contributed by atoms with Crippen LogP contribution in [-0.4, -0.2) is 17.0 Å². The van der Waals surface area contributed by atoms with Gasteiger partial charge in [-0.2, -0.15) is 0 Å². The Labute approximate surface area is 101 Å². The lowest BCUT2D eigenvalue weighted by Gasteiger charge is -2.12. The number of carbonyl (C=O) groups excluding carboxylic acids is 1. The van der Waals surface area contributed by atoms with Crippen molar-refractivity contribution in [2.45, 2.75) is 0 Å². The summed E-state index contributed by atoms with van der Waals surface area (Å²) in [5, 5.41) is 22.5. The zero-order valence-electron chi connectivity index (χ0n) is 9.04. The van der Waals surface area contributed by atoms with Crippen LogP contribution >= 0.6 is 0 Å². The molecule has 0 bridgehead atoms. The monoisotopic (exact) mass is 246 g/mol. The predicted octanol–water partition coefficient (Wildman–Crippen LogP) is 1.30. The van der Waals surface area contributed by atoms with Crippen LogP contribution in [0.4, 0.5) is 5.69 Å². The van der Waals surface area contributed by atoms with E-state index in [1.165, 1.54) is 18.4 Å². The van der Waals surface area contributed by atoms with Crippen LogP contribution in [0.2, 0.25) is 0 Å². The Hall–Kier alpha value is -2.76. The van der Waals surface area contributed by atoms with Crippen LogP contribution < -0.4 is 10.4 Å². The van der Waals surface area contributed by atoms with Crippen molar-refractivity contribution in [3.63, 3.8) is 0 Å². The van der Waals surface area contributed by atoms with Crippen LogP contribution in [0, 0.1) is 0 Å². The summed E-state index contributed by atoms with van der Waals surface area (Å²) in [5.41, 5.74) is -0.127. The molecule has 0 spiro atoms. The first-order valence-electron chi connectivity index (χ1n) is 4.97. The van der Waals surface area contributed by atoms with E-state index in [0.717, 1.165) is 12.1 Å². The summed E-state index contributed by atoms with van der Waals surface area (Å²) in [4.78, 5) is 22.2. The molecular formula is C12H8NO5-. The molecule has 0 aliphatic rings. The number of carbonyl (C=O) groups is 2. The molecule has 0 atom stereocenters. The Morgan fingerprint density at radius 1 is 1.28 bits per heavy atom. The minimum Gasteiger partial charge on any atom is -0.872 e. The van der Waals surface area contributed by atoms with Gasteiger partial charge in [-0.15, -0.1) is 0 Å². The first-order valence-corrected chi connectivity index (χ1v) is 4.97. The van der Waals surface area contributed by atoms with E-state index in [1.54, 1.807) is 6.07 Å². The van der Waals surface area contributed by atoms with E-state index in [4.69, 9.17) is 9.52 Å². The summed E-state index contributed by atoms with van der Waals surface area (Å²) >= 11 is 0. The second kappa shape index (κ2) is 4.62. The molecule has 1 aromatic carbocycles. The van der Waals surface area contributed by atoms with Crippen LogP contribution in [0.5, 0.6) is 5.75 Å². The van der Waals surface area contributed by atoms with Crippen LogP contribution in [0.25, 0.3) is 0 Å².